The van der Waals surface area contributed by atoms with Gasteiger partial charge in [0.2, 0.25) is 5.88 Å². The van der Waals surface area contributed by atoms with Crippen LogP contribution in [0.5, 0.6) is 5.88 Å². The highest BCUT2D eigenvalue weighted by molar-refractivity contribution is 5.82. The minimum Gasteiger partial charge on any atom is -0.480 e. The Morgan fingerprint density at radius 2 is 1.85 bits per heavy atom. The summed E-state index contributed by atoms with van der Waals surface area (Å²) in [6.07, 6.45) is 1.43. The van der Waals surface area contributed by atoms with Crippen molar-refractivity contribution in [3.8, 4) is 34.6 Å². The van der Waals surface area contributed by atoms with Crippen molar-refractivity contribution >= 4 is 11.0 Å². The van der Waals surface area contributed by atoms with E-state index in [9.17, 15) is 23.2 Å². The molecule has 0 unspecified atom stereocenters. The van der Waals surface area contributed by atoms with Crippen LogP contribution >= 0.6 is 0 Å². The molecule has 5 aromatic rings. The molecular formula is C28H23F3N8O2. The first-order valence-corrected chi connectivity index (χ1v) is 12.7. The van der Waals surface area contributed by atoms with Gasteiger partial charge in [-0.2, -0.15) is 18.4 Å². The molecule has 10 nitrogen and oxygen atoms in total. The minimum absolute atomic E-state index is 0.157. The van der Waals surface area contributed by atoms with Crippen LogP contribution in [-0.4, -0.2) is 40.7 Å². The summed E-state index contributed by atoms with van der Waals surface area (Å²) in [6, 6.07) is 10.6. The van der Waals surface area contributed by atoms with Crippen molar-refractivity contribution in [2.24, 2.45) is 7.05 Å². The summed E-state index contributed by atoms with van der Waals surface area (Å²) < 4.78 is 49.1. The summed E-state index contributed by atoms with van der Waals surface area (Å²) >= 11 is 0. The van der Waals surface area contributed by atoms with Gasteiger partial charge in [0.05, 0.1) is 53.9 Å². The second-order valence-electron chi connectivity index (χ2n) is 9.84. The van der Waals surface area contributed by atoms with Gasteiger partial charge in [0.15, 0.2) is 5.69 Å². The van der Waals surface area contributed by atoms with Crippen molar-refractivity contribution in [1.29, 1.82) is 5.26 Å². The van der Waals surface area contributed by atoms with Crippen LogP contribution in [0.3, 0.4) is 0 Å². The number of alkyl halides is 3. The molecule has 1 aliphatic carbocycles. The maximum Gasteiger partial charge on any atom is 0.434 e. The first-order valence-electron chi connectivity index (χ1n) is 12.7. The van der Waals surface area contributed by atoms with Gasteiger partial charge in [-0.3, -0.25) is 14.1 Å². The fourth-order valence-corrected chi connectivity index (χ4v) is 4.98. The van der Waals surface area contributed by atoms with Crippen LogP contribution < -0.4 is 10.4 Å². The van der Waals surface area contributed by atoms with E-state index in [2.05, 4.69) is 19.9 Å². The Morgan fingerprint density at radius 1 is 1.10 bits per heavy atom. The average molecular weight is 561 g/mol. The lowest BCUT2D eigenvalue weighted by atomic mass is 10.1. The van der Waals surface area contributed by atoms with Gasteiger partial charge >= 0.3 is 11.9 Å². The Morgan fingerprint density at radius 3 is 2.49 bits per heavy atom. The van der Waals surface area contributed by atoms with Crippen molar-refractivity contribution in [2.45, 2.75) is 38.0 Å². The predicted molar refractivity (Wildman–Crippen MR) is 142 cm³/mol. The number of pyridine rings is 1. The number of aromatic nitrogens is 7. The molecule has 0 saturated heterocycles. The molecule has 0 atom stereocenters. The van der Waals surface area contributed by atoms with Gasteiger partial charge in [-0.1, -0.05) is 24.3 Å². The van der Waals surface area contributed by atoms with Crippen LogP contribution in [0, 0.1) is 11.3 Å². The minimum atomic E-state index is -4.54. The number of nitriles is 1. The summed E-state index contributed by atoms with van der Waals surface area (Å²) in [5, 5.41) is 9.37. The predicted octanol–water partition coefficient (Wildman–Crippen LogP) is 4.53. The molecular weight excluding hydrogens is 537 g/mol. The van der Waals surface area contributed by atoms with Crippen LogP contribution in [0.15, 0.2) is 53.8 Å². The monoisotopic (exact) mass is 560 g/mol. The van der Waals surface area contributed by atoms with Gasteiger partial charge in [-0.15, -0.1) is 0 Å². The van der Waals surface area contributed by atoms with Gasteiger partial charge in [-0.25, -0.2) is 19.7 Å². The van der Waals surface area contributed by atoms with Gasteiger partial charge in [0.25, 0.3) is 0 Å². The molecule has 13 heteroatoms. The lowest BCUT2D eigenvalue weighted by molar-refractivity contribution is -0.140. The fourth-order valence-electron chi connectivity index (χ4n) is 4.98. The normalized spacial score (nSPS) is 13.5. The summed E-state index contributed by atoms with van der Waals surface area (Å²) in [5.41, 5.74) is 2.99. The summed E-state index contributed by atoms with van der Waals surface area (Å²) in [7, 11) is 3.03. The van der Waals surface area contributed by atoms with E-state index in [-0.39, 0.29) is 30.5 Å². The van der Waals surface area contributed by atoms with Crippen LogP contribution in [-0.2, 0) is 26.3 Å². The van der Waals surface area contributed by atoms with Crippen LogP contribution in [0.25, 0.3) is 33.7 Å². The Hall–Kier alpha value is -4.99. The molecule has 6 rings (SSSR count). The SMILES string of the molecule is COc1ncnc(C2CC2)c1-c1cc2c(cn1)n(CC#N)c(=O)n2Cc1ccc(-c2nc(C(F)(F)F)cn2C)cc1. The molecule has 4 aromatic heterocycles. The number of rotatable bonds is 7. The number of hydrogen-bond donors (Lipinski definition) is 0. The highest BCUT2D eigenvalue weighted by atomic mass is 19.4. The molecule has 0 aliphatic heterocycles. The van der Waals surface area contributed by atoms with E-state index in [0.29, 0.717) is 33.7 Å². The first kappa shape index (κ1) is 26.2. The Bertz CT molecular complexity index is 1880. The molecule has 0 bridgehead atoms. The number of fused-ring (bicyclic) bond motifs is 1. The van der Waals surface area contributed by atoms with E-state index in [4.69, 9.17) is 4.74 Å². The highest BCUT2D eigenvalue weighted by Gasteiger charge is 2.34. The number of methoxy groups -OCH3 is 1. The average Bonchev–Trinajstić information content (AvgIpc) is 3.69. The van der Waals surface area contributed by atoms with Gasteiger partial charge in [0, 0.05) is 24.7 Å². The van der Waals surface area contributed by atoms with E-state index in [1.165, 1.54) is 29.6 Å². The lowest BCUT2D eigenvalue weighted by Crippen LogP contribution is -2.24. The second-order valence-corrected chi connectivity index (χ2v) is 9.84. The van der Waals surface area contributed by atoms with E-state index >= 15 is 0 Å². The smallest absolute Gasteiger partial charge is 0.434 e. The van der Waals surface area contributed by atoms with Gasteiger partial charge < -0.3 is 9.30 Å². The Labute approximate surface area is 231 Å². The molecule has 4 heterocycles. The zero-order valence-corrected chi connectivity index (χ0v) is 22.1. The Kier molecular flexibility index (Phi) is 6.33. The number of aryl methyl sites for hydroxylation is 1. The van der Waals surface area contributed by atoms with E-state index in [1.807, 2.05) is 6.07 Å². The zero-order chi connectivity index (χ0) is 28.9. The molecule has 0 amide bonds. The molecule has 1 aromatic carbocycles. The third kappa shape index (κ3) is 4.71. The molecule has 1 aliphatic rings. The zero-order valence-electron chi connectivity index (χ0n) is 22.1. The van der Waals surface area contributed by atoms with Gasteiger partial charge in [-0.05, 0) is 24.5 Å². The number of nitrogens with zero attached hydrogens (tertiary/aromatic N) is 8. The largest absolute Gasteiger partial charge is 0.480 e. The third-order valence-electron chi connectivity index (χ3n) is 7.11. The first-order chi connectivity index (χ1) is 19.7. The quantitative estimate of drug-likeness (QED) is 0.287. The summed E-state index contributed by atoms with van der Waals surface area (Å²) in [6.45, 7) is -0.00213. The summed E-state index contributed by atoms with van der Waals surface area (Å²) in [5.74, 6) is 0.847. The maximum atomic E-state index is 13.4. The molecule has 0 N–H and O–H groups in total. The molecule has 0 radical (unpaired) electrons. The lowest BCUT2D eigenvalue weighted by Gasteiger charge is -2.12. The third-order valence-corrected chi connectivity index (χ3v) is 7.11. The number of imidazole rings is 2. The summed E-state index contributed by atoms with van der Waals surface area (Å²) in [4.78, 5) is 30.5. The van der Waals surface area contributed by atoms with Crippen LogP contribution in [0.1, 0.15) is 35.7 Å². The highest BCUT2D eigenvalue weighted by Crippen LogP contribution is 2.45. The van der Waals surface area contributed by atoms with E-state index in [0.717, 1.165) is 30.3 Å². The van der Waals surface area contributed by atoms with E-state index in [1.54, 1.807) is 41.1 Å². The van der Waals surface area contributed by atoms with Crippen molar-refractivity contribution < 1.29 is 17.9 Å². The topological polar surface area (TPSA) is 116 Å². The molecule has 208 valence electrons. The van der Waals surface area contributed by atoms with Crippen molar-refractivity contribution in [3.63, 3.8) is 0 Å². The van der Waals surface area contributed by atoms with Gasteiger partial charge in [0.1, 0.15) is 18.7 Å². The number of hydrogen-bond acceptors (Lipinski definition) is 7. The second kappa shape index (κ2) is 9.88. The Balaban J connectivity index is 1.41. The molecule has 1 fully saturated rings. The van der Waals surface area contributed by atoms with E-state index < -0.39 is 11.9 Å². The van der Waals surface area contributed by atoms with Crippen LogP contribution in [0.4, 0.5) is 13.2 Å². The van der Waals surface area contributed by atoms with Crippen molar-refractivity contribution in [3.05, 3.63) is 76.5 Å². The number of halogens is 3. The molecule has 1 saturated carbocycles. The number of ether oxygens (including phenoxy) is 1. The number of benzene rings is 1. The maximum absolute atomic E-state index is 13.4. The van der Waals surface area contributed by atoms with Crippen LogP contribution in [0.2, 0.25) is 0 Å². The molecule has 41 heavy (non-hydrogen) atoms. The standard InChI is InChI=1S/C28H23F3N8O2/c1-37-14-22(28(29,30)31)36-25(37)18-5-3-16(4-6-18)13-39-20-11-19(33-12-21(20)38(10-9-32)27(39)40)23-24(17-7-8-17)34-15-35-26(23)41-2/h3-6,11-12,14-15,17H,7-8,10,13H2,1-2H3. The van der Waals surface area contributed by atoms with Crippen molar-refractivity contribution in [1.82, 2.24) is 33.6 Å². The fraction of sp³-hybridized carbons (Fsp3) is 0.286. The van der Waals surface area contributed by atoms with Crippen molar-refractivity contribution in [2.75, 3.05) is 7.11 Å². The molecule has 0 spiro atoms.